The van der Waals surface area contributed by atoms with Crippen molar-refractivity contribution >= 4 is 47.6 Å². The second-order valence-corrected chi connectivity index (χ2v) is 15.0. The molecule has 4 rings (SSSR count). The lowest BCUT2D eigenvalue weighted by Crippen LogP contribution is -2.67. The molecule has 0 aliphatic heterocycles. The number of carbonyl (C=O) groups is 4. The third kappa shape index (κ3) is 14.0. The van der Waals surface area contributed by atoms with Gasteiger partial charge in [-0.3, -0.25) is 24.4 Å². The number of amides is 1. The number of allylic oxidation sites excluding steroid dienone is 1. The van der Waals surface area contributed by atoms with Gasteiger partial charge in [-0.2, -0.15) is 5.06 Å². The Bertz CT molecular complexity index is 2390. The minimum atomic E-state index is -3.05. The van der Waals surface area contributed by atoms with Gasteiger partial charge in [0.25, 0.3) is 5.91 Å². The number of ether oxygens (including phenoxy) is 4. The molecular weight excluding hydrogens is 865 g/mol. The summed E-state index contributed by atoms with van der Waals surface area (Å²) in [6.45, 7) is 1.80. The molecular formula is C50H58N4O13. The van der Waals surface area contributed by atoms with Crippen molar-refractivity contribution in [3.63, 3.8) is 0 Å². The first-order valence-corrected chi connectivity index (χ1v) is 21.2. The van der Waals surface area contributed by atoms with E-state index in [1.54, 1.807) is 0 Å². The van der Waals surface area contributed by atoms with Crippen molar-refractivity contribution in [3.8, 4) is 46.0 Å². The van der Waals surface area contributed by atoms with E-state index in [-0.39, 0.29) is 57.6 Å². The number of phenolic OH excluding ortho intramolecular Hbond substituents is 4. The summed E-state index contributed by atoms with van der Waals surface area (Å²) in [5.41, 5.74) is 3.86. The van der Waals surface area contributed by atoms with Gasteiger partial charge in [-0.1, -0.05) is 42.5 Å². The third-order valence-corrected chi connectivity index (χ3v) is 10.5. The molecule has 0 aliphatic carbocycles. The summed E-state index contributed by atoms with van der Waals surface area (Å²) < 4.78 is 20.9. The number of nitrogens with two attached hydrogens (primary N) is 1. The smallest absolute Gasteiger partial charge is 0.271 e. The zero-order valence-electron chi connectivity index (χ0n) is 37.8. The van der Waals surface area contributed by atoms with Gasteiger partial charge >= 0.3 is 0 Å². The molecule has 4 aromatic carbocycles. The predicted molar refractivity (Wildman–Crippen MR) is 253 cm³/mol. The number of methoxy groups -OCH3 is 4. The van der Waals surface area contributed by atoms with Gasteiger partial charge in [0.05, 0.1) is 34.4 Å². The molecule has 17 nitrogen and oxygen atoms in total. The van der Waals surface area contributed by atoms with Crippen LogP contribution < -0.4 is 35.3 Å². The Morgan fingerprint density at radius 2 is 0.925 bits per heavy atom. The second kappa shape index (κ2) is 25.9. The number of unbranched alkanes of at least 4 members (excludes halogenated alkanes) is 1. The summed E-state index contributed by atoms with van der Waals surface area (Å²) in [4.78, 5) is 59.7. The lowest BCUT2D eigenvalue weighted by Gasteiger charge is -2.40. The van der Waals surface area contributed by atoms with E-state index in [1.807, 2.05) is 0 Å². The number of ketones is 3. The molecule has 67 heavy (non-hydrogen) atoms. The number of hydrogen-bond donors (Lipinski definition) is 8. The normalized spacial score (nSPS) is 12.2. The Morgan fingerprint density at radius 3 is 1.31 bits per heavy atom. The Balaban J connectivity index is 1.97. The van der Waals surface area contributed by atoms with Crippen LogP contribution in [0.3, 0.4) is 0 Å². The van der Waals surface area contributed by atoms with Crippen LogP contribution in [-0.2, 0) is 19.2 Å². The molecule has 0 heterocycles. The van der Waals surface area contributed by atoms with Gasteiger partial charge in [0.1, 0.15) is 0 Å². The first kappa shape index (κ1) is 52.2. The summed E-state index contributed by atoms with van der Waals surface area (Å²) in [5, 5.41) is 59.6. The van der Waals surface area contributed by atoms with Gasteiger partial charge in [0, 0.05) is 12.6 Å². The molecule has 0 bridgehead atoms. The highest BCUT2D eigenvalue weighted by atomic mass is 16.5. The number of hydrogen-bond acceptors (Lipinski definition) is 16. The highest BCUT2D eigenvalue weighted by Crippen LogP contribution is 2.34. The van der Waals surface area contributed by atoms with Gasteiger partial charge in [0.15, 0.2) is 63.3 Å². The average molecular weight is 923 g/mol. The number of benzene rings is 4. The summed E-state index contributed by atoms with van der Waals surface area (Å²) in [7, 11) is 5.33. The third-order valence-electron chi connectivity index (χ3n) is 10.5. The van der Waals surface area contributed by atoms with Crippen LogP contribution in [0.4, 0.5) is 0 Å². The number of carbonyl (C=O) groups excluding carboxylic acids is 4. The van der Waals surface area contributed by atoms with Crippen molar-refractivity contribution in [2.45, 2.75) is 24.8 Å². The van der Waals surface area contributed by atoms with Crippen LogP contribution in [0.25, 0.3) is 24.3 Å². The summed E-state index contributed by atoms with van der Waals surface area (Å²) in [6.07, 6.45) is 11.1. The number of nitrogens with zero attached hydrogens (tertiary/aromatic N) is 1. The molecule has 1 amide bonds. The van der Waals surface area contributed by atoms with Crippen molar-refractivity contribution in [2.75, 3.05) is 61.2 Å². The quantitative estimate of drug-likeness (QED) is 0.0124. The molecule has 1 unspecified atom stereocenters. The van der Waals surface area contributed by atoms with Crippen LogP contribution in [-0.4, -0.2) is 121 Å². The predicted octanol–water partition coefficient (Wildman–Crippen LogP) is 5.29. The summed E-state index contributed by atoms with van der Waals surface area (Å²) in [6, 6.07) is 16.8. The Hall–Kier alpha value is -7.44. The maximum atomic E-state index is 15.2. The van der Waals surface area contributed by atoms with E-state index in [2.05, 4.69) is 10.6 Å². The van der Waals surface area contributed by atoms with Gasteiger partial charge in [-0.05, 0) is 141 Å². The molecule has 4 aromatic rings. The second-order valence-electron chi connectivity index (χ2n) is 15.0. The van der Waals surface area contributed by atoms with Gasteiger partial charge < -0.3 is 55.7 Å². The maximum Gasteiger partial charge on any atom is 0.271 e. The van der Waals surface area contributed by atoms with E-state index >= 15 is 9.59 Å². The molecule has 0 aliphatic rings. The Kier molecular flexibility index (Phi) is 20.2. The largest absolute Gasteiger partial charge is 0.504 e. The summed E-state index contributed by atoms with van der Waals surface area (Å²) >= 11 is 0. The lowest BCUT2D eigenvalue weighted by atomic mass is 9.73. The SMILES string of the molecule is COc1cc(/C=C/C(=O)C(CNCCCCNCCCN)C(C(=O)/C=C/c2ccc(O)c(OC)c2)(C(=O)/C=C/c2ccc(O)c(OC)c2)N(O)C(=O)/C=C/c2ccc(O)c(OC)c2)ccc1O. The van der Waals surface area contributed by atoms with Crippen LogP contribution >= 0.6 is 0 Å². The Labute approximate surface area is 389 Å². The Morgan fingerprint density at radius 1 is 0.567 bits per heavy atom. The van der Waals surface area contributed by atoms with Crippen LogP contribution in [0.5, 0.6) is 46.0 Å². The first-order valence-electron chi connectivity index (χ1n) is 21.2. The molecule has 0 spiro atoms. The lowest BCUT2D eigenvalue weighted by molar-refractivity contribution is -0.199. The average Bonchev–Trinajstić information content (AvgIpc) is 3.33. The fraction of sp³-hybridized carbons (Fsp3) is 0.280. The van der Waals surface area contributed by atoms with Crippen LogP contribution in [0.1, 0.15) is 41.5 Å². The fourth-order valence-electron chi connectivity index (χ4n) is 6.87. The highest BCUT2D eigenvalue weighted by Gasteiger charge is 2.58. The van der Waals surface area contributed by atoms with Crippen molar-refractivity contribution in [1.82, 2.24) is 15.7 Å². The van der Waals surface area contributed by atoms with E-state index in [9.17, 15) is 35.2 Å². The van der Waals surface area contributed by atoms with Gasteiger partial charge in [0.2, 0.25) is 5.54 Å². The number of aromatic hydroxyl groups is 4. The highest BCUT2D eigenvalue weighted by molar-refractivity contribution is 6.26. The number of hydroxylamine groups is 2. The fourth-order valence-corrected chi connectivity index (χ4v) is 6.87. The molecule has 0 fully saturated rings. The van der Waals surface area contributed by atoms with Crippen LogP contribution in [0.15, 0.2) is 97.1 Å². The van der Waals surface area contributed by atoms with Crippen LogP contribution in [0, 0.1) is 5.92 Å². The van der Waals surface area contributed by atoms with Crippen molar-refractivity contribution in [3.05, 3.63) is 119 Å². The molecule has 17 heteroatoms. The van der Waals surface area contributed by atoms with E-state index in [0.29, 0.717) is 48.2 Å². The van der Waals surface area contributed by atoms with E-state index in [4.69, 9.17) is 24.7 Å². The standard InChI is InChI=1S/C50H58N4O13/c1-64-43-28-33(9-17-39(43)56)8-16-38(55)37(32-53-26-6-5-25-52-27-7-24-51)50(47(60)21-13-34-10-18-40(57)44(29-34)65-2,48(61)22-14-35-11-19-41(58)45(30-35)66-3)54(63)49(62)23-15-36-12-20-42(59)46(31-36)67-4/h8-23,28-31,37,52-53,56-59,63H,5-7,24-27,32,51H2,1-4H3/b16-8+,21-13+,22-14+,23-15+. The zero-order chi connectivity index (χ0) is 48.9. The van der Waals surface area contributed by atoms with Gasteiger partial charge in [-0.25, -0.2) is 0 Å². The van der Waals surface area contributed by atoms with Crippen LogP contribution in [0.2, 0.25) is 0 Å². The number of nitrogens with one attached hydrogen (secondary N) is 2. The number of rotatable bonds is 27. The maximum absolute atomic E-state index is 15.2. The minimum absolute atomic E-state index is 0.0572. The topological polar surface area (TPSA) is 260 Å². The summed E-state index contributed by atoms with van der Waals surface area (Å²) in [5.74, 6) is -6.86. The van der Waals surface area contributed by atoms with E-state index in [1.165, 1.54) is 126 Å². The number of phenols is 4. The molecule has 356 valence electrons. The zero-order valence-corrected chi connectivity index (χ0v) is 37.8. The molecule has 9 N–H and O–H groups in total. The molecule has 0 aromatic heterocycles. The van der Waals surface area contributed by atoms with E-state index in [0.717, 1.165) is 37.3 Å². The van der Waals surface area contributed by atoms with Crippen molar-refractivity contribution < 1.29 is 63.8 Å². The first-order chi connectivity index (χ1) is 32.2. The monoisotopic (exact) mass is 922 g/mol. The minimum Gasteiger partial charge on any atom is -0.504 e. The molecule has 1 atom stereocenters. The van der Waals surface area contributed by atoms with Gasteiger partial charge in [-0.15, -0.1) is 0 Å². The molecule has 0 saturated heterocycles. The molecule has 0 saturated carbocycles. The van der Waals surface area contributed by atoms with Crippen molar-refractivity contribution in [1.29, 1.82) is 0 Å². The van der Waals surface area contributed by atoms with Crippen molar-refractivity contribution in [2.24, 2.45) is 11.7 Å². The molecule has 0 radical (unpaired) electrons. The van der Waals surface area contributed by atoms with E-state index < -0.39 is 41.3 Å².